The lowest BCUT2D eigenvalue weighted by molar-refractivity contribution is 0.144. The SMILES string of the molecule is CC(C)(F)CC1CNC1. The van der Waals surface area contributed by atoms with Crippen molar-refractivity contribution in [1.82, 2.24) is 5.32 Å². The summed E-state index contributed by atoms with van der Waals surface area (Å²) >= 11 is 0. The van der Waals surface area contributed by atoms with Gasteiger partial charge in [-0.1, -0.05) is 0 Å². The summed E-state index contributed by atoms with van der Waals surface area (Å²) in [7, 11) is 0. The van der Waals surface area contributed by atoms with E-state index in [2.05, 4.69) is 5.32 Å². The summed E-state index contributed by atoms with van der Waals surface area (Å²) in [6.45, 7) is 5.30. The second kappa shape index (κ2) is 2.25. The van der Waals surface area contributed by atoms with Crippen LogP contribution in [0, 0.1) is 5.92 Å². The first-order chi connectivity index (χ1) is 4.08. The molecule has 0 atom stereocenters. The number of rotatable bonds is 2. The Kier molecular flexibility index (Phi) is 1.75. The first kappa shape index (κ1) is 7.00. The van der Waals surface area contributed by atoms with Crippen LogP contribution in [0.2, 0.25) is 0 Å². The minimum Gasteiger partial charge on any atom is -0.316 e. The fourth-order valence-corrected chi connectivity index (χ4v) is 1.18. The summed E-state index contributed by atoms with van der Waals surface area (Å²) in [5.41, 5.74) is -0.966. The van der Waals surface area contributed by atoms with E-state index in [0.717, 1.165) is 13.1 Å². The Morgan fingerprint density at radius 3 is 2.22 bits per heavy atom. The molecule has 1 heterocycles. The van der Waals surface area contributed by atoms with Crippen LogP contribution in [0.1, 0.15) is 20.3 Å². The molecule has 54 valence electrons. The van der Waals surface area contributed by atoms with Crippen molar-refractivity contribution in [3.63, 3.8) is 0 Å². The van der Waals surface area contributed by atoms with Gasteiger partial charge in [0.05, 0.1) is 0 Å². The Morgan fingerprint density at radius 1 is 1.56 bits per heavy atom. The Balaban J connectivity index is 2.16. The van der Waals surface area contributed by atoms with Crippen molar-refractivity contribution in [1.29, 1.82) is 0 Å². The van der Waals surface area contributed by atoms with Crippen LogP contribution in [0.4, 0.5) is 4.39 Å². The molecule has 1 aliphatic heterocycles. The molecule has 1 rings (SSSR count). The molecule has 0 radical (unpaired) electrons. The molecule has 1 fully saturated rings. The standard InChI is InChI=1S/C7H14FN/c1-7(2,8)3-6-4-9-5-6/h6,9H,3-5H2,1-2H3. The first-order valence-electron chi connectivity index (χ1n) is 3.47. The maximum absolute atomic E-state index is 12.8. The van der Waals surface area contributed by atoms with Crippen molar-refractivity contribution in [3.05, 3.63) is 0 Å². The smallest absolute Gasteiger partial charge is 0.105 e. The van der Waals surface area contributed by atoms with E-state index in [-0.39, 0.29) is 0 Å². The number of alkyl halides is 1. The van der Waals surface area contributed by atoms with Crippen LogP contribution in [0.3, 0.4) is 0 Å². The van der Waals surface area contributed by atoms with Gasteiger partial charge < -0.3 is 5.32 Å². The normalized spacial score (nSPS) is 21.7. The molecule has 0 aromatic rings. The largest absolute Gasteiger partial charge is 0.316 e. The number of hydrogen-bond donors (Lipinski definition) is 1. The fourth-order valence-electron chi connectivity index (χ4n) is 1.18. The molecule has 2 heteroatoms. The first-order valence-corrected chi connectivity index (χ1v) is 3.47. The third-order valence-electron chi connectivity index (χ3n) is 1.64. The van der Waals surface area contributed by atoms with Crippen LogP contribution < -0.4 is 5.32 Å². The zero-order valence-electron chi connectivity index (χ0n) is 6.08. The minimum atomic E-state index is -0.966. The number of hydrogen-bond acceptors (Lipinski definition) is 1. The Bertz CT molecular complexity index is 91.6. The van der Waals surface area contributed by atoms with E-state index < -0.39 is 5.67 Å². The molecule has 1 saturated heterocycles. The molecule has 0 amide bonds. The van der Waals surface area contributed by atoms with Gasteiger partial charge in [0.1, 0.15) is 5.67 Å². The van der Waals surface area contributed by atoms with Crippen LogP contribution in [-0.2, 0) is 0 Å². The maximum Gasteiger partial charge on any atom is 0.105 e. The molecule has 0 saturated carbocycles. The minimum absolute atomic E-state index is 0.588. The summed E-state index contributed by atoms with van der Waals surface area (Å²) in [5.74, 6) is 0.588. The van der Waals surface area contributed by atoms with Gasteiger partial charge in [-0.05, 0) is 39.3 Å². The molecule has 1 aliphatic rings. The lowest BCUT2D eigenvalue weighted by Gasteiger charge is -2.30. The van der Waals surface area contributed by atoms with Gasteiger partial charge in [-0.2, -0.15) is 0 Å². The lowest BCUT2D eigenvalue weighted by atomic mass is 9.91. The molecule has 0 unspecified atom stereocenters. The third-order valence-corrected chi connectivity index (χ3v) is 1.64. The fraction of sp³-hybridized carbons (Fsp3) is 1.00. The summed E-state index contributed by atoms with van der Waals surface area (Å²) in [5, 5.41) is 3.12. The van der Waals surface area contributed by atoms with E-state index in [1.54, 1.807) is 13.8 Å². The second-order valence-corrected chi connectivity index (χ2v) is 3.45. The molecular weight excluding hydrogens is 117 g/mol. The van der Waals surface area contributed by atoms with Crippen LogP contribution in [0.5, 0.6) is 0 Å². The average Bonchev–Trinajstić information content (AvgIpc) is 1.53. The van der Waals surface area contributed by atoms with Crippen molar-refractivity contribution in [3.8, 4) is 0 Å². The highest BCUT2D eigenvalue weighted by molar-refractivity contribution is 4.81. The van der Waals surface area contributed by atoms with Crippen molar-refractivity contribution < 1.29 is 4.39 Å². The summed E-state index contributed by atoms with van der Waals surface area (Å²) < 4.78 is 12.8. The molecule has 1 nitrogen and oxygen atoms in total. The van der Waals surface area contributed by atoms with Gasteiger partial charge in [-0.25, -0.2) is 4.39 Å². The van der Waals surface area contributed by atoms with Crippen LogP contribution in [0.15, 0.2) is 0 Å². The van der Waals surface area contributed by atoms with Gasteiger partial charge in [0.2, 0.25) is 0 Å². The zero-order chi connectivity index (χ0) is 6.91. The predicted octanol–water partition coefficient (Wildman–Crippen LogP) is 1.34. The molecular formula is C7H14FN. The summed E-state index contributed by atoms with van der Waals surface area (Å²) in [6.07, 6.45) is 0.708. The summed E-state index contributed by atoms with van der Waals surface area (Å²) in [6, 6.07) is 0. The Morgan fingerprint density at radius 2 is 2.11 bits per heavy atom. The monoisotopic (exact) mass is 131 g/mol. The van der Waals surface area contributed by atoms with Crippen molar-refractivity contribution in [2.75, 3.05) is 13.1 Å². The highest BCUT2D eigenvalue weighted by Crippen LogP contribution is 2.22. The number of halogens is 1. The van der Waals surface area contributed by atoms with Gasteiger partial charge >= 0.3 is 0 Å². The van der Waals surface area contributed by atoms with Gasteiger partial charge in [0, 0.05) is 0 Å². The van der Waals surface area contributed by atoms with Crippen molar-refractivity contribution in [2.45, 2.75) is 25.9 Å². The second-order valence-electron chi connectivity index (χ2n) is 3.45. The maximum atomic E-state index is 12.8. The van der Waals surface area contributed by atoms with Gasteiger partial charge in [-0.3, -0.25) is 0 Å². The summed E-state index contributed by atoms with van der Waals surface area (Å²) in [4.78, 5) is 0. The zero-order valence-corrected chi connectivity index (χ0v) is 6.08. The van der Waals surface area contributed by atoms with E-state index >= 15 is 0 Å². The molecule has 1 N–H and O–H groups in total. The molecule has 0 aromatic heterocycles. The Labute approximate surface area is 55.6 Å². The topological polar surface area (TPSA) is 12.0 Å². The Hall–Kier alpha value is -0.110. The van der Waals surface area contributed by atoms with E-state index in [0.29, 0.717) is 12.3 Å². The number of nitrogens with one attached hydrogen (secondary N) is 1. The van der Waals surface area contributed by atoms with E-state index in [4.69, 9.17) is 0 Å². The van der Waals surface area contributed by atoms with Crippen molar-refractivity contribution in [2.24, 2.45) is 5.92 Å². The van der Waals surface area contributed by atoms with E-state index in [1.807, 2.05) is 0 Å². The van der Waals surface area contributed by atoms with Crippen LogP contribution in [0.25, 0.3) is 0 Å². The van der Waals surface area contributed by atoms with Crippen LogP contribution >= 0.6 is 0 Å². The molecule has 0 aromatic carbocycles. The molecule has 0 aliphatic carbocycles. The van der Waals surface area contributed by atoms with E-state index in [9.17, 15) is 4.39 Å². The predicted molar refractivity (Wildman–Crippen MR) is 36.2 cm³/mol. The lowest BCUT2D eigenvalue weighted by Crippen LogP contribution is -2.44. The van der Waals surface area contributed by atoms with E-state index in [1.165, 1.54) is 0 Å². The average molecular weight is 131 g/mol. The van der Waals surface area contributed by atoms with Gasteiger partial charge in [-0.15, -0.1) is 0 Å². The van der Waals surface area contributed by atoms with Crippen molar-refractivity contribution >= 4 is 0 Å². The quantitative estimate of drug-likeness (QED) is 0.596. The molecule has 9 heavy (non-hydrogen) atoms. The van der Waals surface area contributed by atoms with Gasteiger partial charge in [0.15, 0.2) is 0 Å². The highest BCUT2D eigenvalue weighted by atomic mass is 19.1. The third kappa shape index (κ3) is 2.31. The highest BCUT2D eigenvalue weighted by Gasteiger charge is 2.25. The van der Waals surface area contributed by atoms with Crippen LogP contribution in [-0.4, -0.2) is 18.8 Å². The molecule has 0 bridgehead atoms. The molecule has 0 spiro atoms. The van der Waals surface area contributed by atoms with Gasteiger partial charge in [0.25, 0.3) is 0 Å².